The minimum atomic E-state index is -4.39. The molecule has 0 radical (unpaired) electrons. The van der Waals surface area contributed by atoms with Gasteiger partial charge in [0.15, 0.2) is 0 Å². The van der Waals surface area contributed by atoms with E-state index in [1.165, 1.54) is 9.78 Å². The number of halogens is 3. The number of amides is 1. The lowest BCUT2D eigenvalue weighted by Gasteiger charge is -2.27. The van der Waals surface area contributed by atoms with Gasteiger partial charge in [0.2, 0.25) is 5.91 Å². The van der Waals surface area contributed by atoms with Crippen LogP contribution in [0.2, 0.25) is 0 Å². The van der Waals surface area contributed by atoms with Crippen LogP contribution in [-0.4, -0.2) is 36.7 Å². The Morgan fingerprint density at radius 1 is 1.50 bits per heavy atom. The lowest BCUT2D eigenvalue weighted by atomic mass is 10.1. The maximum absolute atomic E-state index is 11.9. The highest BCUT2D eigenvalue weighted by atomic mass is 32.1. The van der Waals surface area contributed by atoms with E-state index in [4.69, 9.17) is 0 Å². The van der Waals surface area contributed by atoms with Crippen LogP contribution < -0.4 is 0 Å². The zero-order valence-corrected chi connectivity index (χ0v) is 10.3. The molecule has 2 rings (SSSR count). The van der Waals surface area contributed by atoms with Crippen molar-refractivity contribution in [2.75, 3.05) is 19.8 Å². The van der Waals surface area contributed by atoms with Crippen LogP contribution in [0.5, 0.6) is 0 Å². The minimum absolute atomic E-state index is 0.392. The maximum atomic E-state index is 11.9. The fourth-order valence-corrected chi connectivity index (χ4v) is 2.70. The van der Waals surface area contributed by atoms with Gasteiger partial charge in [0, 0.05) is 18.0 Å². The number of ether oxygens (including phenoxy) is 1. The monoisotopic (exact) mass is 279 g/mol. The highest BCUT2D eigenvalue weighted by Crippen LogP contribution is 2.24. The van der Waals surface area contributed by atoms with E-state index in [0.29, 0.717) is 13.1 Å². The Bertz CT molecular complexity index is 430. The van der Waals surface area contributed by atoms with Gasteiger partial charge in [0.05, 0.1) is 0 Å². The first-order chi connectivity index (χ1) is 8.46. The average Bonchev–Trinajstić information content (AvgIpc) is 2.73. The first kappa shape index (κ1) is 13.4. The van der Waals surface area contributed by atoms with E-state index in [2.05, 4.69) is 4.74 Å². The van der Waals surface area contributed by atoms with Crippen molar-refractivity contribution in [1.82, 2.24) is 4.90 Å². The second kappa shape index (κ2) is 5.27. The molecular weight excluding hydrogens is 267 g/mol. The van der Waals surface area contributed by atoms with Gasteiger partial charge in [-0.1, -0.05) is 0 Å². The van der Waals surface area contributed by atoms with Crippen LogP contribution in [-0.2, 0) is 22.5 Å². The topological polar surface area (TPSA) is 29.5 Å². The largest absolute Gasteiger partial charge is 0.411 e. The van der Waals surface area contributed by atoms with Crippen molar-refractivity contribution in [2.45, 2.75) is 19.1 Å². The fourth-order valence-electron chi connectivity index (χ4n) is 1.81. The highest BCUT2D eigenvalue weighted by Gasteiger charge is 2.28. The number of nitrogens with zero attached hydrogens (tertiary/aromatic N) is 1. The number of carbonyl (C=O) groups excluding carboxylic acids is 1. The van der Waals surface area contributed by atoms with Gasteiger partial charge >= 0.3 is 6.18 Å². The lowest BCUT2D eigenvalue weighted by molar-refractivity contribution is -0.178. The molecule has 1 aromatic rings. The molecule has 0 fully saturated rings. The van der Waals surface area contributed by atoms with Crippen LogP contribution in [0.3, 0.4) is 0 Å². The average molecular weight is 279 g/mol. The predicted molar refractivity (Wildman–Crippen MR) is 60.3 cm³/mol. The first-order valence-electron chi connectivity index (χ1n) is 5.43. The Hall–Kier alpha value is -1.08. The van der Waals surface area contributed by atoms with E-state index in [9.17, 15) is 18.0 Å². The van der Waals surface area contributed by atoms with Crippen LogP contribution in [0.4, 0.5) is 13.2 Å². The predicted octanol–water partition coefficient (Wildman–Crippen LogP) is 2.21. The summed E-state index contributed by atoms with van der Waals surface area (Å²) in [5.74, 6) is -0.392. The van der Waals surface area contributed by atoms with Crippen molar-refractivity contribution in [1.29, 1.82) is 0 Å². The van der Waals surface area contributed by atoms with E-state index in [1.807, 2.05) is 11.4 Å². The van der Waals surface area contributed by atoms with Crippen molar-refractivity contribution < 1.29 is 22.7 Å². The van der Waals surface area contributed by atoms with Gasteiger partial charge in [0.1, 0.15) is 13.2 Å². The normalized spacial score (nSPS) is 15.6. The molecule has 7 heteroatoms. The van der Waals surface area contributed by atoms with Crippen LogP contribution in [0, 0.1) is 0 Å². The van der Waals surface area contributed by atoms with Crippen LogP contribution >= 0.6 is 11.3 Å². The molecule has 0 saturated carbocycles. The van der Waals surface area contributed by atoms with Gasteiger partial charge in [0.25, 0.3) is 0 Å². The summed E-state index contributed by atoms with van der Waals surface area (Å²) in [6.45, 7) is -0.885. The Morgan fingerprint density at radius 3 is 3.00 bits per heavy atom. The van der Waals surface area contributed by atoms with Crippen LogP contribution in [0.25, 0.3) is 0 Å². The van der Waals surface area contributed by atoms with E-state index in [-0.39, 0.29) is 0 Å². The van der Waals surface area contributed by atoms with Crippen molar-refractivity contribution in [3.05, 3.63) is 21.9 Å². The zero-order chi connectivity index (χ0) is 13.2. The molecule has 3 nitrogen and oxygen atoms in total. The van der Waals surface area contributed by atoms with E-state index < -0.39 is 25.3 Å². The molecule has 0 spiro atoms. The number of carbonyl (C=O) groups is 1. The summed E-state index contributed by atoms with van der Waals surface area (Å²) >= 11 is 1.64. The lowest BCUT2D eigenvalue weighted by Crippen LogP contribution is -2.38. The number of fused-ring (bicyclic) bond motifs is 1. The quantitative estimate of drug-likeness (QED) is 0.849. The molecule has 0 aromatic carbocycles. The molecule has 100 valence electrons. The molecule has 0 N–H and O–H groups in total. The van der Waals surface area contributed by atoms with Crippen molar-refractivity contribution in [2.24, 2.45) is 0 Å². The second-order valence-electron chi connectivity index (χ2n) is 4.04. The third-order valence-electron chi connectivity index (χ3n) is 2.65. The molecule has 0 bridgehead atoms. The van der Waals surface area contributed by atoms with Gasteiger partial charge < -0.3 is 9.64 Å². The molecule has 18 heavy (non-hydrogen) atoms. The number of thiophene rings is 1. The third-order valence-corrected chi connectivity index (χ3v) is 3.67. The van der Waals surface area contributed by atoms with Crippen LogP contribution in [0.15, 0.2) is 11.4 Å². The number of hydrogen-bond acceptors (Lipinski definition) is 3. The number of alkyl halides is 3. The summed E-state index contributed by atoms with van der Waals surface area (Å²) in [6.07, 6.45) is -3.62. The highest BCUT2D eigenvalue weighted by molar-refractivity contribution is 7.10. The Labute approximate surface area is 106 Å². The van der Waals surface area contributed by atoms with E-state index >= 15 is 0 Å². The van der Waals surface area contributed by atoms with Crippen molar-refractivity contribution >= 4 is 17.2 Å². The number of rotatable bonds is 3. The summed E-state index contributed by atoms with van der Waals surface area (Å²) in [5, 5.41) is 1.96. The van der Waals surface area contributed by atoms with Gasteiger partial charge in [-0.2, -0.15) is 13.2 Å². The number of hydrogen-bond donors (Lipinski definition) is 0. The summed E-state index contributed by atoms with van der Waals surface area (Å²) in [7, 11) is 0. The molecule has 1 aliphatic heterocycles. The molecule has 2 heterocycles. The standard InChI is InChI=1S/C11H12F3NO2S/c12-11(13,14)7-17-6-10(16)15-3-1-9-8(5-15)2-4-18-9/h2,4H,1,3,5-7H2. The summed E-state index contributed by atoms with van der Waals surface area (Å²) in [4.78, 5) is 14.4. The Balaban J connectivity index is 1.81. The first-order valence-corrected chi connectivity index (χ1v) is 6.31. The molecule has 0 aliphatic carbocycles. The van der Waals surface area contributed by atoms with Crippen LogP contribution in [0.1, 0.15) is 10.4 Å². The Kier molecular flexibility index (Phi) is 3.91. The smallest absolute Gasteiger partial charge is 0.362 e. The second-order valence-corrected chi connectivity index (χ2v) is 5.04. The molecule has 0 saturated heterocycles. The van der Waals surface area contributed by atoms with Gasteiger partial charge in [-0.05, 0) is 23.4 Å². The zero-order valence-electron chi connectivity index (χ0n) is 9.50. The van der Waals surface area contributed by atoms with E-state index in [1.54, 1.807) is 11.3 Å². The molecule has 1 amide bonds. The third kappa shape index (κ3) is 3.46. The Morgan fingerprint density at radius 2 is 2.28 bits per heavy atom. The minimum Gasteiger partial charge on any atom is -0.362 e. The van der Waals surface area contributed by atoms with E-state index in [0.717, 1.165) is 12.0 Å². The SMILES string of the molecule is O=C(COCC(F)(F)F)N1CCc2sccc2C1. The summed E-state index contributed by atoms with van der Waals surface area (Å²) in [6, 6.07) is 1.94. The molecular formula is C11H12F3NO2S. The molecule has 0 unspecified atom stereocenters. The maximum Gasteiger partial charge on any atom is 0.411 e. The van der Waals surface area contributed by atoms with Crippen molar-refractivity contribution in [3.8, 4) is 0 Å². The van der Waals surface area contributed by atoms with Crippen molar-refractivity contribution in [3.63, 3.8) is 0 Å². The molecule has 1 aliphatic rings. The summed E-state index contributed by atoms with van der Waals surface area (Å²) in [5.41, 5.74) is 1.08. The molecule has 1 aromatic heterocycles. The van der Waals surface area contributed by atoms with Gasteiger partial charge in [-0.15, -0.1) is 11.3 Å². The molecule has 0 atom stereocenters. The fraction of sp³-hybridized carbons (Fsp3) is 0.545. The summed E-state index contributed by atoms with van der Waals surface area (Å²) < 4.78 is 39.9. The van der Waals surface area contributed by atoms with Gasteiger partial charge in [-0.3, -0.25) is 4.79 Å². The van der Waals surface area contributed by atoms with Gasteiger partial charge in [-0.25, -0.2) is 0 Å².